The summed E-state index contributed by atoms with van der Waals surface area (Å²) in [4.78, 5) is 12.5. The lowest BCUT2D eigenvalue weighted by atomic mass is 9.99. The first-order chi connectivity index (χ1) is 14.7. The summed E-state index contributed by atoms with van der Waals surface area (Å²) >= 11 is 9.46. The number of carbonyl (C=O) groups excluding carboxylic acids is 1. The van der Waals surface area contributed by atoms with E-state index in [0.29, 0.717) is 33.2 Å². The SMILES string of the molecule is CCCC[C@@H](CC)CNC(=O)c1ccc(CN(c2ccc(Br)c(Cl)c2)S(C)(=O)=O)cc1. The van der Waals surface area contributed by atoms with E-state index < -0.39 is 10.0 Å². The molecule has 170 valence electrons. The molecule has 0 unspecified atom stereocenters. The summed E-state index contributed by atoms with van der Waals surface area (Å²) < 4.78 is 26.7. The van der Waals surface area contributed by atoms with Crippen LogP contribution in [0.15, 0.2) is 46.9 Å². The van der Waals surface area contributed by atoms with Crippen LogP contribution < -0.4 is 9.62 Å². The third-order valence-corrected chi connectivity index (χ3v) is 7.60. The maximum absolute atomic E-state index is 12.5. The van der Waals surface area contributed by atoms with Crippen molar-refractivity contribution in [1.82, 2.24) is 5.32 Å². The molecule has 2 aromatic carbocycles. The van der Waals surface area contributed by atoms with Crippen molar-refractivity contribution in [2.24, 2.45) is 5.92 Å². The number of sulfonamides is 1. The fraction of sp³-hybridized carbons (Fsp3) is 0.435. The predicted octanol–water partition coefficient (Wildman–Crippen LogP) is 6.01. The van der Waals surface area contributed by atoms with Crippen LogP contribution in [0.25, 0.3) is 0 Å². The quantitative estimate of drug-likeness (QED) is 0.387. The smallest absolute Gasteiger partial charge is 0.251 e. The van der Waals surface area contributed by atoms with E-state index in [9.17, 15) is 13.2 Å². The summed E-state index contributed by atoms with van der Waals surface area (Å²) in [5.74, 6) is 0.380. The minimum absolute atomic E-state index is 0.110. The van der Waals surface area contributed by atoms with E-state index in [4.69, 9.17) is 11.6 Å². The van der Waals surface area contributed by atoms with E-state index in [1.54, 1.807) is 42.5 Å². The third kappa shape index (κ3) is 7.81. The molecule has 0 radical (unpaired) electrons. The average Bonchev–Trinajstić information content (AvgIpc) is 2.73. The predicted molar refractivity (Wildman–Crippen MR) is 132 cm³/mol. The van der Waals surface area contributed by atoms with Crippen molar-refractivity contribution in [3.63, 3.8) is 0 Å². The Kier molecular flexibility index (Phi) is 9.85. The van der Waals surface area contributed by atoms with Crippen molar-refractivity contribution in [2.75, 3.05) is 17.1 Å². The molecule has 2 rings (SSSR count). The first-order valence-electron chi connectivity index (χ1n) is 10.5. The van der Waals surface area contributed by atoms with Crippen LogP contribution in [0.1, 0.15) is 55.5 Å². The van der Waals surface area contributed by atoms with Crippen LogP contribution in [0.2, 0.25) is 5.02 Å². The highest BCUT2D eigenvalue weighted by molar-refractivity contribution is 9.10. The van der Waals surface area contributed by atoms with Gasteiger partial charge in [0.2, 0.25) is 10.0 Å². The molecule has 31 heavy (non-hydrogen) atoms. The summed E-state index contributed by atoms with van der Waals surface area (Å²) in [5.41, 5.74) is 1.82. The summed E-state index contributed by atoms with van der Waals surface area (Å²) in [6, 6.07) is 12.0. The first kappa shape index (κ1) is 25.7. The average molecular weight is 530 g/mol. The molecule has 1 amide bonds. The number of nitrogens with zero attached hydrogens (tertiary/aromatic N) is 1. The summed E-state index contributed by atoms with van der Waals surface area (Å²) in [6.45, 7) is 5.13. The lowest BCUT2D eigenvalue weighted by Gasteiger charge is -2.23. The third-order valence-electron chi connectivity index (χ3n) is 5.23. The van der Waals surface area contributed by atoms with Gasteiger partial charge in [0.05, 0.1) is 23.5 Å². The minimum atomic E-state index is -3.52. The fourth-order valence-corrected chi connectivity index (χ4v) is 4.55. The van der Waals surface area contributed by atoms with Gasteiger partial charge < -0.3 is 5.32 Å². The van der Waals surface area contributed by atoms with Crippen LogP contribution in [-0.2, 0) is 16.6 Å². The van der Waals surface area contributed by atoms with Gasteiger partial charge in [0, 0.05) is 16.6 Å². The van der Waals surface area contributed by atoms with Crippen molar-refractivity contribution in [1.29, 1.82) is 0 Å². The minimum Gasteiger partial charge on any atom is -0.352 e. The zero-order valence-corrected chi connectivity index (χ0v) is 21.4. The summed E-state index contributed by atoms with van der Waals surface area (Å²) in [6.07, 6.45) is 5.65. The van der Waals surface area contributed by atoms with Crippen LogP contribution in [0.3, 0.4) is 0 Å². The van der Waals surface area contributed by atoms with Crippen molar-refractivity contribution in [2.45, 2.75) is 46.1 Å². The molecular formula is C23H30BrClN2O3S. The maximum atomic E-state index is 12.5. The van der Waals surface area contributed by atoms with Crippen LogP contribution in [-0.4, -0.2) is 27.1 Å². The van der Waals surface area contributed by atoms with Crippen molar-refractivity contribution in [3.05, 3.63) is 63.1 Å². The van der Waals surface area contributed by atoms with Gasteiger partial charge in [-0.1, -0.05) is 56.8 Å². The molecule has 5 nitrogen and oxygen atoms in total. The van der Waals surface area contributed by atoms with Crippen molar-refractivity contribution >= 4 is 49.1 Å². The van der Waals surface area contributed by atoms with E-state index in [1.165, 1.54) is 10.7 Å². The lowest BCUT2D eigenvalue weighted by molar-refractivity contribution is 0.0946. The number of hydrogen-bond donors (Lipinski definition) is 1. The standard InChI is InChI=1S/C23H30BrClN2O3S/c1-4-6-7-17(5-2)15-26-23(28)19-10-8-18(9-11-19)16-27(31(3,29)30)20-12-13-21(24)22(25)14-20/h8-14,17H,4-7,15-16H2,1-3H3,(H,26,28)/t17-/m1/s1. The highest BCUT2D eigenvalue weighted by Crippen LogP contribution is 2.29. The highest BCUT2D eigenvalue weighted by Gasteiger charge is 2.19. The Morgan fingerprint density at radius 2 is 1.84 bits per heavy atom. The number of benzene rings is 2. The van der Waals surface area contributed by atoms with Gasteiger partial charge in [0.15, 0.2) is 0 Å². The molecular weight excluding hydrogens is 500 g/mol. The van der Waals surface area contributed by atoms with Crippen LogP contribution in [0, 0.1) is 5.92 Å². The monoisotopic (exact) mass is 528 g/mol. The Morgan fingerprint density at radius 3 is 2.39 bits per heavy atom. The lowest BCUT2D eigenvalue weighted by Crippen LogP contribution is -2.30. The van der Waals surface area contributed by atoms with Gasteiger partial charge in [0.25, 0.3) is 5.91 Å². The molecule has 0 spiro atoms. The number of anilines is 1. The second kappa shape index (κ2) is 11.9. The molecule has 0 aliphatic rings. The topological polar surface area (TPSA) is 66.5 Å². The van der Waals surface area contributed by atoms with Gasteiger partial charge in [-0.25, -0.2) is 8.42 Å². The van der Waals surface area contributed by atoms with E-state index in [-0.39, 0.29) is 12.5 Å². The Bertz CT molecular complexity index is 981. The second-order valence-electron chi connectivity index (χ2n) is 7.69. The number of amides is 1. The van der Waals surface area contributed by atoms with Gasteiger partial charge in [-0.05, 0) is 64.2 Å². The molecule has 0 saturated heterocycles. The molecule has 2 aromatic rings. The van der Waals surface area contributed by atoms with Gasteiger partial charge in [-0.2, -0.15) is 0 Å². The molecule has 0 aliphatic heterocycles. The molecule has 0 heterocycles. The molecule has 0 aromatic heterocycles. The second-order valence-corrected chi connectivity index (χ2v) is 10.9. The van der Waals surface area contributed by atoms with E-state index >= 15 is 0 Å². The van der Waals surface area contributed by atoms with E-state index in [2.05, 4.69) is 35.1 Å². The molecule has 1 N–H and O–H groups in total. The molecule has 1 atom stereocenters. The van der Waals surface area contributed by atoms with Crippen molar-refractivity contribution in [3.8, 4) is 0 Å². The Hall–Kier alpha value is -1.57. The molecule has 0 saturated carbocycles. The number of hydrogen-bond acceptors (Lipinski definition) is 3. The maximum Gasteiger partial charge on any atom is 0.251 e. The van der Waals surface area contributed by atoms with Gasteiger partial charge >= 0.3 is 0 Å². The number of carbonyl (C=O) groups is 1. The van der Waals surface area contributed by atoms with E-state index in [1.807, 2.05) is 0 Å². The molecule has 8 heteroatoms. The van der Waals surface area contributed by atoms with Crippen LogP contribution in [0.5, 0.6) is 0 Å². The first-order valence-corrected chi connectivity index (χ1v) is 13.5. The number of unbranched alkanes of at least 4 members (excludes halogenated alkanes) is 1. The van der Waals surface area contributed by atoms with Gasteiger partial charge in [-0.3, -0.25) is 9.10 Å². The molecule has 0 aliphatic carbocycles. The number of halogens is 2. The zero-order valence-electron chi connectivity index (χ0n) is 18.2. The molecule has 0 bridgehead atoms. The highest BCUT2D eigenvalue weighted by atomic mass is 79.9. The summed E-state index contributed by atoms with van der Waals surface area (Å²) in [5, 5.41) is 3.45. The van der Waals surface area contributed by atoms with Gasteiger partial charge in [0.1, 0.15) is 0 Å². The van der Waals surface area contributed by atoms with Crippen LogP contribution in [0.4, 0.5) is 5.69 Å². The van der Waals surface area contributed by atoms with E-state index in [0.717, 1.165) is 31.1 Å². The fourth-order valence-electron chi connectivity index (χ4n) is 3.25. The Balaban J connectivity index is 2.08. The zero-order chi connectivity index (χ0) is 23.0. The largest absolute Gasteiger partial charge is 0.352 e. The Morgan fingerprint density at radius 1 is 1.16 bits per heavy atom. The Labute approximate surface area is 199 Å². The number of nitrogens with one attached hydrogen (secondary N) is 1. The summed E-state index contributed by atoms with van der Waals surface area (Å²) in [7, 11) is -3.52. The van der Waals surface area contributed by atoms with Crippen molar-refractivity contribution < 1.29 is 13.2 Å². The van der Waals surface area contributed by atoms with Crippen LogP contribution >= 0.6 is 27.5 Å². The van der Waals surface area contributed by atoms with Gasteiger partial charge in [-0.15, -0.1) is 0 Å². The normalized spacial score (nSPS) is 12.4. The molecule has 0 fully saturated rings. The number of rotatable bonds is 11.